The second-order valence-corrected chi connectivity index (χ2v) is 17.4. The minimum absolute atomic E-state index is 0.0352. The third-order valence-corrected chi connectivity index (χ3v) is 12.0. The molecule has 6 rings (SSSR count). The predicted molar refractivity (Wildman–Crippen MR) is 287 cm³/mol. The number of hydrogen-bond acceptors (Lipinski definition) is 16. The average molecular weight is 1060 g/mol. The molecule has 0 bridgehead atoms. The van der Waals surface area contributed by atoms with Gasteiger partial charge in [0.15, 0.2) is 11.5 Å². The van der Waals surface area contributed by atoms with E-state index in [1.54, 1.807) is 35.3 Å². The van der Waals surface area contributed by atoms with Crippen LogP contribution in [-0.2, 0) is 38.3 Å². The number of hydroxylamine groups is 2. The number of phenolic OH excluding ortho intramolecular Hbond substituents is 2. The Labute approximate surface area is 446 Å². The van der Waals surface area contributed by atoms with Crippen LogP contribution in [0.15, 0.2) is 97.1 Å². The standard InChI is InChI=1S/C29H28N4O8.C14H13NO3.C13H22N2O3/c34-25-20-22(10-13-24(25)33(39)40)5-2-1-4-21-8-11-23(12-9-21)30-16-18-31(19-17-30)26(35)6-3-7-29(38)41-32-27(36)14-15-28(32)37;1-3-11(2)6-4-5-7-12-8-9-13(15(17)18)14(16)10-12;1-3-7-14-8-10-15(11-9-14)12(16)5-4-6-13(17)18-2/h2,5,8-13,20,34H,3,6-7,14-19H2;3,5,7-10,16H,1-2H3;3H,1,4-11H2,2H3/b5-2+;7-5+,11-3+;. The van der Waals surface area contributed by atoms with E-state index in [2.05, 4.69) is 44.8 Å². The highest BCUT2D eigenvalue weighted by Gasteiger charge is 2.33. The van der Waals surface area contributed by atoms with Crippen LogP contribution in [-0.4, -0.2) is 141 Å². The molecule has 0 aliphatic carbocycles. The van der Waals surface area contributed by atoms with Crippen molar-refractivity contribution >= 4 is 64.8 Å². The number of methoxy groups -OCH3 is 1. The number of nitro groups is 2. The molecule has 2 N–H and O–H groups in total. The monoisotopic (exact) mass is 1060 g/mol. The van der Waals surface area contributed by atoms with Gasteiger partial charge < -0.3 is 34.5 Å². The van der Waals surface area contributed by atoms with Crippen molar-refractivity contribution in [3.8, 4) is 35.2 Å². The third kappa shape index (κ3) is 20.6. The largest absolute Gasteiger partial charge is 0.502 e. The summed E-state index contributed by atoms with van der Waals surface area (Å²) in [7, 11) is 1.36. The number of allylic oxidation sites excluding steroid dienone is 4. The number of phenols is 2. The molecule has 21 heteroatoms. The Bertz CT molecular complexity index is 2820. The fourth-order valence-corrected chi connectivity index (χ4v) is 7.55. The number of nitrogens with zero attached hydrogens (tertiary/aromatic N) is 7. The van der Waals surface area contributed by atoms with Gasteiger partial charge in [-0.3, -0.25) is 49.1 Å². The summed E-state index contributed by atoms with van der Waals surface area (Å²) in [6.45, 7) is 14.1. The minimum atomic E-state index is -0.708. The van der Waals surface area contributed by atoms with Gasteiger partial charge in [-0.25, -0.2) is 4.79 Å². The van der Waals surface area contributed by atoms with Gasteiger partial charge in [-0.05, 0) is 116 Å². The molecule has 0 aromatic heterocycles. The fraction of sp³-hybridized carbons (Fsp3) is 0.357. The van der Waals surface area contributed by atoms with Gasteiger partial charge in [0.05, 0.1) is 17.0 Å². The van der Waals surface area contributed by atoms with E-state index in [0.717, 1.165) is 49.5 Å². The van der Waals surface area contributed by atoms with Crippen LogP contribution in [0.5, 0.6) is 11.5 Å². The van der Waals surface area contributed by atoms with E-state index in [-0.39, 0.29) is 67.0 Å². The van der Waals surface area contributed by atoms with Crippen LogP contribution in [0.1, 0.15) is 81.9 Å². The molecule has 0 atom stereocenters. The van der Waals surface area contributed by atoms with Gasteiger partial charge in [0, 0.05) is 121 Å². The molecular weight excluding hydrogens is 995 g/mol. The summed E-state index contributed by atoms with van der Waals surface area (Å²) < 4.78 is 4.54. The molecule has 4 amide bonds. The van der Waals surface area contributed by atoms with Crippen molar-refractivity contribution in [1.82, 2.24) is 19.8 Å². The zero-order valence-electron chi connectivity index (χ0n) is 43.4. The second-order valence-electron chi connectivity index (χ2n) is 17.4. The second kappa shape index (κ2) is 31.6. The number of ether oxygens (including phenoxy) is 1. The number of aromatic hydroxyl groups is 2. The molecule has 0 spiro atoms. The summed E-state index contributed by atoms with van der Waals surface area (Å²) in [5.41, 5.74) is 3.36. The Balaban J connectivity index is 0.000000293. The Morgan fingerprint density at radius 3 is 1.66 bits per heavy atom. The molecule has 3 fully saturated rings. The number of carbonyl (C=O) groups is 6. The van der Waals surface area contributed by atoms with Crippen molar-refractivity contribution in [1.29, 1.82) is 0 Å². The zero-order chi connectivity index (χ0) is 56.3. The van der Waals surface area contributed by atoms with Crippen molar-refractivity contribution in [3.05, 3.63) is 134 Å². The normalized spacial score (nSPS) is 14.5. The summed E-state index contributed by atoms with van der Waals surface area (Å²) in [5, 5.41) is 40.9. The van der Waals surface area contributed by atoms with E-state index in [1.807, 2.05) is 55.2 Å². The molecule has 3 aliphatic rings. The van der Waals surface area contributed by atoms with Crippen LogP contribution >= 0.6 is 0 Å². The molecule has 3 aliphatic heterocycles. The number of rotatable bonds is 16. The molecule has 0 radical (unpaired) electrons. The molecule has 3 heterocycles. The van der Waals surface area contributed by atoms with Gasteiger partial charge in [-0.1, -0.05) is 35.8 Å². The van der Waals surface area contributed by atoms with Gasteiger partial charge >= 0.3 is 23.3 Å². The van der Waals surface area contributed by atoms with Crippen LogP contribution in [0.4, 0.5) is 17.1 Å². The molecular formula is C56H63N7O14. The number of anilines is 1. The highest BCUT2D eigenvalue weighted by Crippen LogP contribution is 2.28. The zero-order valence-corrected chi connectivity index (χ0v) is 43.4. The summed E-state index contributed by atoms with van der Waals surface area (Å²) >= 11 is 0. The van der Waals surface area contributed by atoms with Crippen LogP contribution < -0.4 is 4.90 Å². The number of imide groups is 1. The van der Waals surface area contributed by atoms with Crippen molar-refractivity contribution in [2.24, 2.45) is 0 Å². The van der Waals surface area contributed by atoms with Gasteiger partial charge in [0.25, 0.3) is 11.8 Å². The lowest BCUT2D eigenvalue weighted by Crippen LogP contribution is -2.48. The quantitative estimate of drug-likeness (QED) is 0.0376. The van der Waals surface area contributed by atoms with Crippen molar-refractivity contribution in [2.45, 2.75) is 65.2 Å². The van der Waals surface area contributed by atoms with Crippen LogP contribution in [0, 0.1) is 43.9 Å². The van der Waals surface area contributed by atoms with Crippen molar-refractivity contribution < 1.29 is 58.4 Å². The molecule has 3 aromatic carbocycles. The smallest absolute Gasteiger partial charge is 0.333 e. The lowest BCUT2D eigenvalue weighted by molar-refractivity contribution is -0.386. The van der Waals surface area contributed by atoms with Gasteiger partial charge in [0.2, 0.25) is 11.8 Å². The Kier molecular flexibility index (Phi) is 24.8. The van der Waals surface area contributed by atoms with Crippen LogP contribution in [0.2, 0.25) is 0 Å². The number of carbonyl (C=O) groups excluding carboxylic acids is 6. The Morgan fingerprint density at radius 1 is 0.701 bits per heavy atom. The van der Waals surface area contributed by atoms with Gasteiger partial charge in [-0.15, -0.1) is 11.6 Å². The summed E-state index contributed by atoms with van der Waals surface area (Å²) in [6.07, 6.45) is 12.1. The first-order valence-corrected chi connectivity index (χ1v) is 24.7. The summed E-state index contributed by atoms with van der Waals surface area (Å²) in [5.74, 6) is 8.95. The average Bonchev–Trinajstić information content (AvgIpc) is 3.73. The first-order valence-electron chi connectivity index (χ1n) is 24.7. The fourth-order valence-electron chi connectivity index (χ4n) is 7.55. The van der Waals surface area contributed by atoms with Crippen LogP contribution in [0.25, 0.3) is 12.2 Å². The lowest BCUT2D eigenvalue weighted by atomic mass is 10.1. The van der Waals surface area contributed by atoms with Crippen molar-refractivity contribution in [3.63, 3.8) is 0 Å². The van der Waals surface area contributed by atoms with E-state index in [9.17, 15) is 59.2 Å². The molecule has 77 heavy (non-hydrogen) atoms. The van der Waals surface area contributed by atoms with E-state index in [1.165, 1.54) is 37.4 Å². The van der Waals surface area contributed by atoms with Gasteiger partial charge in [0.1, 0.15) is 0 Å². The Morgan fingerprint density at radius 2 is 1.19 bits per heavy atom. The molecule has 0 unspecified atom stereocenters. The first-order chi connectivity index (χ1) is 36.9. The molecule has 406 valence electrons. The molecule has 3 saturated heterocycles. The van der Waals surface area contributed by atoms with E-state index >= 15 is 0 Å². The van der Waals surface area contributed by atoms with E-state index in [0.29, 0.717) is 61.6 Å². The highest BCUT2D eigenvalue weighted by molar-refractivity contribution is 6.01. The maximum absolute atomic E-state index is 12.6. The first kappa shape index (κ1) is 60.5. The van der Waals surface area contributed by atoms with Crippen molar-refractivity contribution in [2.75, 3.05) is 70.9 Å². The predicted octanol–water partition coefficient (Wildman–Crippen LogP) is 6.73. The Hall–Kier alpha value is -9.08. The number of piperazine rings is 2. The van der Waals surface area contributed by atoms with E-state index in [4.69, 9.17) is 4.84 Å². The third-order valence-electron chi connectivity index (χ3n) is 12.0. The highest BCUT2D eigenvalue weighted by atomic mass is 16.7. The number of benzene rings is 3. The minimum Gasteiger partial charge on any atom is -0.502 e. The number of hydrogen-bond donors (Lipinski definition) is 2. The summed E-state index contributed by atoms with van der Waals surface area (Å²) in [6, 6.07) is 15.9. The van der Waals surface area contributed by atoms with Gasteiger partial charge in [-0.2, -0.15) is 0 Å². The number of esters is 1. The summed E-state index contributed by atoms with van der Waals surface area (Å²) in [4.78, 5) is 103. The maximum atomic E-state index is 12.6. The maximum Gasteiger partial charge on any atom is 0.333 e. The van der Waals surface area contributed by atoms with Crippen LogP contribution in [0.3, 0.4) is 0 Å². The number of nitro benzene ring substituents is 2. The topological polar surface area (TPSA) is 264 Å². The number of amides is 4. The molecule has 21 nitrogen and oxygen atoms in total. The molecule has 3 aromatic rings. The van der Waals surface area contributed by atoms with E-state index < -0.39 is 33.4 Å². The molecule has 0 saturated carbocycles. The SMILES string of the molecule is C/C=C(\C)C#C/C=C/c1ccc([N+](=O)[O-])c(O)c1.C=CCN1CCN(C(=O)CCCC(=O)OC)CC1.O=C(CCCC(=O)N1CCN(c2ccc(C#C/C=C/c3ccc([N+](=O)[O-])c(O)c3)cc2)CC1)ON1C(=O)CCC1=O. The lowest BCUT2D eigenvalue weighted by Gasteiger charge is -2.36.